The molecule has 2 aromatic carbocycles. The monoisotopic (exact) mass is 298 g/mol. The van der Waals surface area contributed by atoms with Gasteiger partial charge in [0.1, 0.15) is 11.5 Å². The second-order valence-corrected chi connectivity index (χ2v) is 5.46. The first-order chi connectivity index (χ1) is 10.2. The molecule has 106 valence electrons. The highest BCUT2D eigenvalue weighted by Gasteiger charge is 2.18. The summed E-state index contributed by atoms with van der Waals surface area (Å²) in [6.45, 7) is 0. The molecule has 0 fully saturated rings. The van der Waals surface area contributed by atoms with Crippen LogP contribution < -0.4 is 9.47 Å². The molecule has 1 heterocycles. The molecule has 3 nitrogen and oxygen atoms in total. The Bertz CT molecular complexity index is 805. The van der Waals surface area contributed by atoms with Gasteiger partial charge in [-0.1, -0.05) is 12.1 Å². The van der Waals surface area contributed by atoms with Crippen LogP contribution in [0.3, 0.4) is 0 Å². The number of hydrogen-bond acceptors (Lipinski definition) is 4. The van der Waals surface area contributed by atoms with Crippen LogP contribution in [0.1, 0.15) is 15.9 Å². The summed E-state index contributed by atoms with van der Waals surface area (Å²) in [5, 5.41) is 3.07. The summed E-state index contributed by atoms with van der Waals surface area (Å²) in [5.74, 6) is 1.15. The van der Waals surface area contributed by atoms with E-state index in [4.69, 9.17) is 9.47 Å². The van der Waals surface area contributed by atoms with Crippen molar-refractivity contribution in [3.8, 4) is 11.5 Å². The average molecular weight is 298 g/mol. The van der Waals surface area contributed by atoms with Crippen molar-refractivity contribution in [2.45, 2.75) is 0 Å². The maximum absolute atomic E-state index is 12.8. The van der Waals surface area contributed by atoms with E-state index in [1.807, 2.05) is 29.6 Å². The topological polar surface area (TPSA) is 35.5 Å². The summed E-state index contributed by atoms with van der Waals surface area (Å²) in [7, 11) is 3.14. The first-order valence-corrected chi connectivity index (χ1v) is 7.35. The molecule has 0 unspecified atom stereocenters. The van der Waals surface area contributed by atoms with Crippen molar-refractivity contribution in [3.05, 3.63) is 59.0 Å². The van der Waals surface area contributed by atoms with E-state index in [1.165, 1.54) is 0 Å². The minimum atomic E-state index is -0.0393. The fourth-order valence-electron chi connectivity index (χ4n) is 2.30. The molecule has 0 saturated heterocycles. The van der Waals surface area contributed by atoms with Crippen LogP contribution in [0.25, 0.3) is 10.1 Å². The smallest absolute Gasteiger partial charge is 0.198 e. The lowest BCUT2D eigenvalue weighted by molar-refractivity contribution is 0.103. The first kappa shape index (κ1) is 13.6. The fourth-order valence-corrected chi connectivity index (χ4v) is 3.21. The predicted molar refractivity (Wildman–Crippen MR) is 84.8 cm³/mol. The fraction of sp³-hybridized carbons (Fsp3) is 0.118. The highest BCUT2D eigenvalue weighted by molar-refractivity contribution is 7.17. The second-order valence-electron chi connectivity index (χ2n) is 4.54. The molecule has 0 aliphatic carbocycles. The van der Waals surface area contributed by atoms with E-state index in [0.717, 1.165) is 10.1 Å². The van der Waals surface area contributed by atoms with Crippen molar-refractivity contribution < 1.29 is 14.3 Å². The van der Waals surface area contributed by atoms with Crippen LogP contribution in [-0.4, -0.2) is 20.0 Å². The molecule has 0 aliphatic heterocycles. The van der Waals surface area contributed by atoms with E-state index in [0.29, 0.717) is 22.6 Å². The largest absolute Gasteiger partial charge is 0.497 e. The number of benzene rings is 2. The zero-order chi connectivity index (χ0) is 14.8. The highest BCUT2D eigenvalue weighted by atomic mass is 32.1. The van der Waals surface area contributed by atoms with Crippen LogP contribution in [0.2, 0.25) is 0 Å². The van der Waals surface area contributed by atoms with Gasteiger partial charge in [-0.25, -0.2) is 0 Å². The lowest BCUT2D eigenvalue weighted by Crippen LogP contribution is -2.04. The minimum Gasteiger partial charge on any atom is -0.497 e. The summed E-state index contributed by atoms with van der Waals surface area (Å²) in [4.78, 5) is 12.8. The van der Waals surface area contributed by atoms with Crippen molar-refractivity contribution in [3.63, 3.8) is 0 Å². The Labute approximate surface area is 126 Å². The van der Waals surface area contributed by atoms with Crippen LogP contribution in [0.15, 0.2) is 47.8 Å². The molecule has 21 heavy (non-hydrogen) atoms. The molecule has 0 saturated carbocycles. The third-order valence-corrected chi connectivity index (χ3v) is 4.34. The number of ether oxygens (including phenoxy) is 2. The van der Waals surface area contributed by atoms with Crippen LogP contribution >= 0.6 is 11.3 Å². The first-order valence-electron chi connectivity index (χ1n) is 6.47. The molecule has 0 spiro atoms. The van der Waals surface area contributed by atoms with Gasteiger partial charge in [0.05, 0.1) is 19.8 Å². The van der Waals surface area contributed by atoms with Gasteiger partial charge < -0.3 is 9.47 Å². The summed E-state index contributed by atoms with van der Waals surface area (Å²) >= 11 is 1.57. The van der Waals surface area contributed by atoms with Gasteiger partial charge in [-0.2, -0.15) is 0 Å². The molecule has 0 atom stereocenters. The number of rotatable bonds is 4. The van der Waals surface area contributed by atoms with E-state index in [-0.39, 0.29) is 5.78 Å². The maximum atomic E-state index is 12.8. The van der Waals surface area contributed by atoms with E-state index >= 15 is 0 Å². The summed E-state index contributed by atoms with van der Waals surface area (Å²) < 4.78 is 11.5. The lowest BCUT2D eigenvalue weighted by atomic mass is 10.0. The van der Waals surface area contributed by atoms with Crippen LogP contribution in [-0.2, 0) is 0 Å². The summed E-state index contributed by atoms with van der Waals surface area (Å²) in [6.07, 6.45) is 0. The standard InChI is InChI=1S/C17H14O3S/c1-19-12-6-7-13(15(10-12)20-2)16(18)14-5-3-4-11-8-9-21-17(11)14/h3-10H,1-2H3. The number of methoxy groups -OCH3 is 2. The van der Waals surface area contributed by atoms with Gasteiger partial charge in [0, 0.05) is 16.3 Å². The quantitative estimate of drug-likeness (QED) is 0.679. The van der Waals surface area contributed by atoms with Gasteiger partial charge in [-0.3, -0.25) is 4.79 Å². The molecule has 0 N–H and O–H groups in total. The van der Waals surface area contributed by atoms with Crippen LogP contribution in [0.4, 0.5) is 0 Å². The molecule has 0 aliphatic rings. The zero-order valence-electron chi connectivity index (χ0n) is 11.8. The number of fused-ring (bicyclic) bond motifs is 1. The summed E-state index contributed by atoms with van der Waals surface area (Å²) in [6, 6.07) is 13.0. The third-order valence-electron chi connectivity index (χ3n) is 3.38. The van der Waals surface area contributed by atoms with Gasteiger partial charge >= 0.3 is 0 Å². The van der Waals surface area contributed by atoms with E-state index in [2.05, 4.69) is 0 Å². The third kappa shape index (κ3) is 2.38. The summed E-state index contributed by atoms with van der Waals surface area (Å²) in [5.41, 5.74) is 1.24. The van der Waals surface area contributed by atoms with Crippen molar-refractivity contribution in [2.24, 2.45) is 0 Å². The molecule has 1 aromatic heterocycles. The Morgan fingerprint density at radius 1 is 1.00 bits per heavy atom. The number of thiophene rings is 1. The van der Waals surface area contributed by atoms with Gasteiger partial charge in [-0.15, -0.1) is 11.3 Å². The Morgan fingerprint density at radius 2 is 1.86 bits per heavy atom. The molecular formula is C17H14O3S. The Balaban J connectivity index is 2.12. The molecule has 4 heteroatoms. The van der Waals surface area contributed by atoms with Gasteiger partial charge in [0.15, 0.2) is 5.78 Å². The highest BCUT2D eigenvalue weighted by Crippen LogP contribution is 2.31. The molecule has 0 amide bonds. The molecule has 3 rings (SSSR count). The Kier molecular flexibility index (Phi) is 3.62. The molecule has 3 aromatic rings. The van der Waals surface area contributed by atoms with E-state index < -0.39 is 0 Å². The SMILES string of the molecule is COc1ccc(C(=O)c2cccc3ccsc23)c(OC)c1. The van der Waals surface area contributed by atoms with E-state index in [9.17, 15) is 4.79 Å². The molecular weight excluding hydrogens is 284 g/mol. The van der Waals surface area contributed by atoms with Crippen LogP contribution in [0.5, 0.6) is 11.5 Å². The average Bonchev–Trinajstić information content (AvgIpc) is 3.02. The van der Waals surface area contributed by atoms with Crippen molar-refractivity contribution >= 4 is 27.2 Å². The number of carbonyl (C=O) groups excluding carboxylic acids is 1. The number of ketones is 1. The predicted octanol–water partition coefficient (Wildman–Crippen LogP) is 4.15. The van der Waals surface area contributed by atoms with Crippen LogP contribution in [0, 0.1) is 0 Å². The van der Waals surface area contributed by atoms with Gasteiger partial charge in [-0.05, 0) is 35.0 Å². The Morgan fingerprint density at radius 3 is 2.62 bits per heavy atom. The molecule has 0 bridgehead atoms. The van der Waals surface area contributed by atoms with E-state index in [1.54, 1.807) is 43.8 Å². The minimum absolute atomic E-state index is 0.0393. The molecule has 0 radical (unpaired) electrons. The normalized spacial score (nSPS) is 10.6. The second kappa shape index (κ2) is 5.58. The van der Waals surface area contributed by atoms with Gasteiger partial charge in [0.2, 0.25) is 0 Å². The lowest BCUT2D eigenvalue weighted by Gasteiger charge is -2.10. The number of carbonyl (C=O) groups is 1. The Hall–Kier alpha value is -2.33. The zero-order valence-corrected chi connectivity index (χ0v) is 12.6. The van der Waals surface area contributed by atoms with Crippen molar-refractivity contribution in [2.75, 3.05) is 14.2 Å². The van der Waals surface area contributed by atoms with Crippen molar-refractivity contribution in [1.82, 2.24) is 0 Å². The maximum Gasteiger partial charge on any atom is 0.198 e. The van der Waals surface area contributed by atoms with Crippen molar-refractivity contribution in [1.29, 1.82) is 0 Å². The van der Waals surface area contributed by atoms with Gasteiger partial charge in [0.25, 0.3) is 0 Å². The number of hydrogen-bond donors (Lipinski definition) is 0.